The minimum Gasteiger partial charge on any atom is -0.178 e. The predicted molar refractivity (Wildman–Crippen MR) is 20.6 cm³/mol. The van der Waals surface area contributed by atoms with E-state index < -0.39 is 9.20 Å². The van der Waals surface area contributed by atoms with Gasteiger partial charge in [0.1, 0.15) is 0 Å². The molecule has 0 aliphatic rings. The van der Waals surface area contributed by atoms with Gasteiger partial charge in [-0.25, -0.2) is 0 Å². The van der Waals surface area contributed by atoms with E-state index in [4.69, 9.17) is 0 Å². The Kier molecular flexibility index (Phi) is 57.4. The van der Waals surface area contributed by atoms with E-state index in [0.29, 0.717) is 0 Å². The fourth-order valence-corrected chi connectivity index (χ4v) is 0. The molecule has 21 valence electrons. The average molecular weight is 82.9 g/mol. The smallest absolute Gasteiger partial charge is 0.178 e. The van der Waals surface area contributed by atoms with Crippen molar-refractivity contribution in [1.29, 1.82) is 0 Å². The molecule has 0 fully saturated rings. The second-order valence-corrected chi connectivity index (χ2v) is 0.192. The first-order valence-electron chi connectivity index (χ1n) is 0.338. The maximum Gasteiger partial charge on any atom is 0.355 e. The molecule has 0 aliphatic heterocycles. The fraction of sp³-hybridized carbons (Fsp3) is 0. The molecule has 5 heteroatoms. The van der Waals surface area contributed by atoms with Crippen molar-refractivity contribution in [3.63, 3.8) is 0 Å². The summed E-state index contributed by atoms with van der Waals surface area (Å²) < 4.78 is 19.2. The molecular weight excluding hydrogens is 82.9 g/mol. The summed E-state index contributed by atoms with van der Waals surface area (Å²) in [6, 6.07) is 0. The van der Waals surface area contributed by atoms with Gasteiger partial charge in [0, 0.05) is 37.7 Å². The first-order valence-corrected chi connectivity index (χ1v) is 1.01. The van der Waals surface area contributed by atoms with Crippen LogP contribution in [0.4, 0.5) is 8.39 Å². The van der Waals surface area contributed by atoms with Gasteiger partial charge >= 0.3 is 9.20 Å². The fourth-order valence-electron chi connectivity index (χ4n) is 0. The molecule has 0 saturated carbocycles. The van der Waals surface area contributed by atoms with Gasteiger partial charge in [0.2, 0.25) is 0 Å². The van der Waals surface area contributed by atoms with Crippen molar-refractivity contribution in [2.75, 3.05) is 0 Å². The number of halogens is 2. The summed E-state index contributed by atoms with van der Waals surface area (Å²) in [6.07, 6.45) is 0. The molecule has 0 aliphatic carbocycles. The quantitative estimate of drug-likeness (QED) is 0.302. The standard InChI is InChI=1S/F2P.2Li/c1-3-2;;. The molecule has 0 amide bonds. The molecule has 0 heterocycles. The molecule has 0 aromatic carbocycles. The van der Waals surface area contributed by atoms with Gasteiger partial charge in [-0.3, -0.25) is 0 Å². The van der Waals surface area contributed by atoms with E-state index >= 15 is 0 Å². The normalized spacial score (nSPS) is 3.60. The summed E-state index contributed by atoms with van der Waals surface area (Å²) >= 11 is 0. The van der Waals surface area contributed by atoms with Gasteiger partial charge in [-0.15, -0.1) is 0 Å². The molecule has 3 radical (unpaired) electrons. The molecule has 0 rings (SSSR count). The third-order valence-corrected chi connectivity index (χ3v) is 0. The van der Waals surface area contributed by atoms with E-state index in [2.05, 4.69) is 0 Å². The third-order valence-electron chi connectivity index (χ3n) is 0. The van der Waals surface area contributed by atoms with Crippen LogP contribution in [-0.2, 0) is 0 Å². The van der Waals surface area contributed by atoms with Gasteiger partial charge in [0.25, 0.3) is 0 Å². The van der Waals surface area contributed by atoms with E-state index in [9.17, 15) is 8.39 Å². The first kappa shape index (κ1) is 16.1. The molecule has 0 aromatic heterocycles. The van der Waals surface area contributed by atoms with Crippen LogP contribution in [0.5, 0.6) is 0 Å². The largest absolute Gasteiger partial charge is 0.355 e. The maximum absolute atomic E-state index is 9.60. The van der Waals surface area contributed by atoms with Gasteiger partial charge in [-0.2, -0.15) is 8.39 Å². The second kappa shape index (κ2) is 17.9. The topological polar surface area (TPSA) is 0 Å². The van der Waals surface area contributed by atoms with Crippen LogP contribution in [0.2, 0.25) is 0 Å². The average Bonchev–Trinajstić information content (AvgIpc) is 0.918. The Morgan fingerprint density at radius 3 is 1.00 bits per heavy atom. The van der Waals surface area contributed by atoms with Crippen molar-refractivity contribution in [1.82, 2.24) is 0 Å². The maximum atomic E-state index is 9.60. The Labute approximate surface area is 55.5 Å². The molecule has 0 unspecified atom stereocenters. The molecular formula is F2Li2P. The van der Waals surface area contributed by atoms with Gasteiger partial charge in [-0.1, -0.05) is 0 Å². The molecule has 0 atom stereocenters. The molecule has 0 spiro atoms. The first-order chi connectivity index (χ1) is 1.41. The van der Waals surface area contributed by atoms with E-state index in [0.717, 1.165) is 0 Å². The van der Waals surface area contributed by atoms with Crippen LogP contribution in [0.15, 0.2) is 0 Å². The van der Waals surface area contributed by atoms with Crippen LogP contribution in [0.3, 0.4) is 0 Å². The Balaban J connectivity index is -0.0000000200. The Morgan fingerprint density at radius 1 is 1.00 bits per heavy atom. The van der Waals surface area contributed by atoms with Crippen molar-refractivity contribution < 1.29 is 8.39 Å². The zero-order valence-electron chi connectivity index (χ0n) is 3.20. The van der Waals surface area contributed by atoms with Crippen molar-refractivity contribution in [2.45, 2.75) is 0 Å². The zero-order chi connectivity index (χ0) is 2.71. The minimum atomic E-state index is -1.58. The Bertz CT molecular complexity index is 7.61. The Morgan fingerprint density at radius 2 is 1.00 bits per heavy atom. The van der Waals surface area contributed by atoms with Crippen LogP contribution in [0.1, 0.15) is 0 Å². The number of hydrogen-bond acceptors (Lipinski definition) is 0. The van der Waals surface area contributed by atoms with Crippen LogP contribution in [0, 0.1) is 0 Å². The molecule has 5 heavy (non-hydrogen) atoms. The number of hydrogen-bond donors (Lipinski definition) is 0. The van der Waals surface area contributed by atoms with E-state index in [-0.39, 0.29) is 37.7 Å². The van der Waals surface area contributed by atoms with E-state index in [1.807, 2.05) is 0 Å². The van der Waals surface area contributed by atoms with Crippen molar-refractivity contribution in [2.24, 2.45) is 0 Å². The van der Waals surface area contributed by atoms with Crippen LogP contribution < -0.4 is 0 Å². The molecule has 0 saturated heterocycles. The van der Waals surface area contributed by atoms with Crippen LogP contribution in [-0.4, -0.2) is 37.7 Å². The van der Waals surface area contributed by atoms with Crippen LogP contribution in [0.25, 0.3) is 0 Å². The second-order valence-electron chi connectivity index (χ2n) is 0.0639. The van der Waals surface area contributed by atoms with Gasteiger partial charge < -0.3 is 0 Å². The summed E-state index contributed by atoms with van der Waals surface area (Å²) in [4.78, 5) is 0. The van der Waals surface area contributed by atoms with Crippen molar-refractivity contribution in [3.8, 4) is 0 Å². The van der Waals surface area contributed by atoms with Gasteiger partial charge in [-0.05, 0) is 0 Å². The minimum absolute atomic E-state index is 0. The Hall–Kier alpha value is 1.48. The summed E-state index contributed by atoms with van der Waals surface area (Å²) in [7, 11) is -1.58. The molecule has 0 N–H and O–H groups in total. The van der Waals surface area contributed by atoms with E-state index in [1.165, 1.54) is 0 Å². The zero-order valence-corrected chi connectivity index (χ0v) is 4.10. The summed E-state index contributed by atoms with van der Waals surface area (Å²) in [6.45, 7) is 0. The number of rotatable bonds is 0. The summed E-state index contributed by atoms with van der Waals surface area (Å²) in [5.41, 5.74) is 0. The van der Waals surface area contributed by atoms with Crippen molar-refractivity contribution >= 4 is 46.9 Å². The monoisotopic (exact) mass is 83.0 g/mol. The summed E-state index contributed by atoms with van der Waals surface area (Å²) in [5, 5.41) is 0. The van der Waals surface area contributed by atoms with Gasteiger partial charge in [0.15, 0.2) is 0 Å². The van der Waals surface area contributed by atoms with Crippen LogP contribution >= 0.6 is 9.20 Å². The molecule has 0 nitrogen and oxygen atoms in total. The van der Waals surface area contributed by atoms with Crippen molar-refractivity contribution in [3.05, 3.63) is 0 Å². The SMILES string of the molecule is F[P]F.[Li].[Li]. The predicted octanol–water partition coefficient (Wildman–Crippen LogP) is 0.940. The van der Waals surface area contributed by atoms with Gasteiger partial charge in [0.05, 0.1) is 0 Å². The molecule has 0 bridgehead atoms. The summed E-state index contributed by atoms with van der Waals surface area (Å²) in [5.74, 6) is 0. The molecule has 0 aromatic rings. The third kappa shape index (κ3) is 30.2. The van der Waals surface area contributed by atoms with E-state index in [1.54, 1.807) is 0 Å².